The molecule has 29 heavy (non-hydrogen) atoms. The van der Waals surface area contributed by atoms with Crippen molar-refractivity contribution in [1.82, 2.24) is 24.2 Å². The fraction of sp³-hybridized carbons (Fsp3) is 0.333. The minimum atomic E-state index is -3.63. The Labute approximate surface area is 171 Å². The molecule has 0 radical (unpaired) electrons. The first kappa shape index (κ1) is 19.8. The van der Waals surface area contributed by atoms with E-state index in [1.54, 1.807) is 17.8 Å². The minimum Gasteiger partial charge on any atom is -0.339 e. The molecule has 2 unspecified atom stereocenters. The number of hydrogen-bond acceptors (Lipinski definition) is 5. The number of imidazole rings is 1. The van der Waals surface area contributed by atoms with Crippen LogP contribution in [0.25, 0.3) is 0 Å². The lowest BCUT2D eigenvalue weighted by atomic mass is 9.94. The third kappa shape index (κ3) is 4.24. The summed E-state index contributed by atoms with van der Waals surface area (Å²) in [6, 6.07) is 14.1. The second-order valence-corrected chi connectivity index (χ2v) is 9.42. The van der Waals surface area contributed by atoms with Crippen molar-refractivity contribution in [2.24, 2.45) is 7.05 Å². The quantitative estimate of drug-likeness (QED) is 0.672. The van der Waals surface area contributed by atoms with Gasteiger partial charge in [-0.1, -0.05) is 36.4 Å². The molecule has 4 rings (SSSR count). The van der Waals surface area contributed by atoms with E-state index in [1.807, 2.05) is 43.5 Å². The van der Waals surface area contributed by atoms with E-state index in [0.29, 0.717) is 19.6 Å². The molecule has 2 atom stereocenters. The van der Waals surface area contributed by atoms with Gasteiger partial charge in [-0.2, -0.15) is 4.31 Å². The highest BCUT2D eigenvalue weighted by molar-refractivity contribution is 7.89. The Morgan fingerprint density at radius 1 is 1.10 bits per heavy atom. The molecule has 2 aromatic heterocycles. The number of aryl methyl sites for hydroxylation is 2. The van der Waals surface area contributed by atoms with Gasteiger partial charge in [-0.05, 0) is 24.1 Å². The van der Waals surface area contributed by atoms with Crippen LogP contribution in [0.1, 0.15) is 22.7 Å². The van der Waals surface area contributed by atoms with Crippen molar-refractivity contribution in [3.63, 3.8) is 0 Å². The standard InChI is InChI=1S/C21H25N5O2S/c1-16-8-9-18(22-10-16)11-23-20-13-26(12-19(20)17-6-4-3-5-7-17)29(27,28)21-14-25(2)15-24-21/h3-10,14-15,19-20,23H,11-13H2,1-2H3. The Balaban J connectivity index is 1.57. The predicted molar refractivity (Wildman–Crippen MR) is 111 cm³/mol. The van der Waals surface area contributed by atoms with Crippen molar-refractivity contribution in [2.75, 3.05) is 13.1 Å². The number of nitrogens with zero attached hydrogens (tertiary/aromatic N) is 4. The van der Waals surface area contributed by atoms with Gasteiger partial charge in [-0.3, -0.25) is 4.98 Å². The van der Waals surface area contributed by atoms with Crippen LogP contribution in [0.3, 0.4) is 0 Å². The molecule has 1 aliphatic heterocycles. The first-order chi connectivity index (χ1) is 13.9. The van der Waals surface area contributed by atoms with E-state index in [2.05, 4.69) is 27.4 Å². The summed E-state index contributed by atoms with van der Waals surface area (Å²) in [6.45, 7) is 3.41. The summed E-state index contributed by atoms with van der Waals surface area (Å²) in [4.78, 5) is 8.51. The lowest BCUT2D eigenvalue weighted by Crippen LogP contribution is -2.36. The zero-order valence-electron chi connectivity index (χ0n) is 16.6. The van der Waals surface area contributed by atoms with E-state index in [-0.39, 0.29) is 17.0 Å². The maximum atomic E-state index is 13.1. The first-order valence-corrected chi connectivity index (χ1v) is 11.1. The maximum absolute atomic E-state index is 13.1. The van der Waals surface area contributed by atoms with Crippen LogP contribution in [0, 0.1) is 6.92 Å². The number of rotatable bonds is 6. The van der Waals surface area contributed by atoms with Crippen LogP contribution in [0.2, 0.25) is 0 Å². The Hall–Kier alpha value is -2.55. The van der Waals surface area contributed by atoms with E-state index in [4.69, 9.17) is 0 Å². The topological polar surface area (TPSA) is 80.1 Å². The van der Waals surface area contributed by atoms with Gasteiger partial charge in [0, 0.05) is 51.0 Å². The molecule has 1 aromatic carbocycles. The maximum Gasteiger partial charge on any atom is 0.262 e. The summed E-state index contributed by atoms with van der Waals surface area (Å²) >= 11 is 0. The summed E-state index contributed by atoms with van der Waals surface area (Å²) < 4.78 is 29.4. The van der Waals surface area contributed by atoms with Gasteiger partial charge in [0.05, 0.1) is 12.0 Å². The summed E-state index contributed by atoms with van der Waals surface area (Å²) in [5.74, 6) is 0.0557. The third-order valence-electron chi connectivity index (χ3n) is 5.32. The highest BCUT2D eigenvalue weighted by Gasteiger charge is 2.40. The molecular weight excluding hydrogens is 386 g/mol. The Morgan fingerprint density at radius 3 is 2.55 bits per heavy atom. The fourth-order valence-corrected chi connectivity index (χ4v) is 5.16. The average molecular weight is 412 g/mol. The average Bonchev–Trinajstić information content (AvgIpc) is 3.35. The fourth-order valence-electron chi connectivity index (χ4n) is 3.70. The first-order valence-electron chi connectivity index (χ1n) is 9.61. The van der Waals surface area contributed by atoms with Crippen LogP contribution in [0.4, 0.5) is 0 Å². The molecule has 1 aliphatic rings. The molecule has 3 aromatic rings. The van der Waals surface area contributed by atoms with Crippen molar-refractivity contribution in [2.45, 2.75) is 30.5 Å². The molecule has 8 heteroatoms. The monoisotopic (exact) mass is 411 g/mol. The SMILES string of the molecule is Cc1ccc(CNC2CN(S(=O)(=O)c3cn(C)cn3)CC2c2ccccc2)nc1. The van der Waals surface area contributed by atoms with E-state index in [0.717, 1.165) is 16.8 Å². The summed E-state index contributed by atoms with van der Waals surface area (Å²) in [6.07, 6.45) is 4.90. The van der Waals surface area contributed by atoms with Gasteiger partial charge < -0.3 is 9.88 Å². The number of benzene rings is 1. The molecule has 7 nitrogen and oxygen atoms in total. The van der Waals surface area contributed by atoms with E-state index < -0.39 is 10.0 Å². The molecule has 152 valence electrons. The van der Waals surface area contributed by atoms with Crippen LogP contribution in [-0.4, -0.2) is 46.4 Å². The molecule has 1 fully saturated rings. The molecule has 0 bridgehead atoms. The zero-order valence-corrected chi connectivity index (χ0v) is 17.4. The van der Waals surface area contributed by atoms with Crippen LogP contribution in [-0.2, 0) is 23.6 Å². The third-order valence-corrected chi connectivity index (χ3v) is 7.03. The Morgan fingerprint density at radius 2 is 1.90 bits per heavy atom. The highest BCUT2D eigenvalue weighted by atomic mass is 32.2. The zero-order chi connectivity index (χ0) is 20.4. The molecule has 3 heterocycles. The molecule has 1 saturated heterocycles. The number of sulfonamides is 1. The van der Waals surface area contributed by atoms with Crippen molar-refractivity contribution in [3.05, 3.63) is 78.0 Å². The Bertz CT molecular complexity index is 1060. The molecule has 1 N–H and O–H groups in total. The van der Waals surface area contributed by atoms with Gasteiger partial charge in [-0.25, -0.2) is 13.4 Å². The summed E-state index contributed by atoms with van der Waals surface area (Å²) in [5, 5.41) is 3.62. The smallest absolute Gasteiger partial charge is 0.262 e. The van der Waals surface area contributed by atoms with Gasteiger partial charge in [0.15, 0.2) is 5.03 Å². The molecule has 0 saturated carbocycles. The lowest BCUT2D eigenvalue weighted by molar-refractivity contribution is 0.453. The molecule has 0 aliphatic carbocycles. The molecule has 0 amide bonds. The number of nitrogens with one attached hydrogen (secondary N) is 1. The van der Waals surface area contributed by atoms with Crippen molar-refractivity contribution in [1.29, 1.82) is 0 Å². The van der Waals surface area contributed by atoms with Crippen molar-refractivity contribution < 1.29 is 8.42 Å². The van der Waals surface area contributed by atoms with Gasteiger partial charge >= 0.3 is 0 Å². The number of pyridine rings is 1. The van der Waals surface area contributed by atoms with Gasteiger partial charge in [0.2, 0.25) is 0 Å². The predicted octanol–water partition coefficient (Wildman–Crippen LogP) is 2.07. The van der Waals surface area contributed by atoms with Crippen LogP contribution < -0.4 is 5.32 Å². The lowest BCUT2D eigenvalue weighted by Gasteiger charge is -2.20. The van der Waals surface area contributed by atoms with Crippen molar-refractivity contribution >= 4 is 10.0 Å². The van der Waals surface area contributed by atoms with E-state index in [9.17, 15) is 8.42 Å². The van der Waals surface area contributed by atoms with Gasteiger partial charge in [0.1, 0.15) is 0 Å². The number of hydrogen-bond donors (Lipinski definition) is 1. The van der Waals surface area contributed by atoms with Crippen molar-refractivity contribution in [3.8, 4) is 0 Å². The van der Waals surface area contributed by atoms with Crippen LogP contribution in [0.15, 0.2) is 66.2 Å². The molecular formula is C21H25N5O2S. The Kier molecular flexibility index (Phi) is 5.49. The molecule has 0 spiro atoms. The normalized spacial score (nSPS) is 20.2. The highest BCUT2D eigenvalue weighted by Crippen LogP contribution is 2.31. The largest absolute Gasteiger partial charge is 0.339 e. The number of aromatic nitrogens is 3. The minimum absolute atomic E-state index is 0.0148. The van der Waals surface area contributed by atoms with Crippen LogP contribution >= 0.6 is 0 Å². The summed E-state index contributed by atoms with van der Waals surface area (Å²) in [5.41, 5.74) is 3.18. The van der Waals surface area contributed by atoms with E-state index in [1.165, 1.54) is 10.6 Å². The van der Waals surface area contributed by atoms with Gasteiger partial charge in [0.25, 0.3) is 10.0 Å². The van der Waals surface area contributed by atoms with Gasteiger partial charge in [-0.15, -0.1) is 0 Å². The summed E-state index contributed by atoms with van der Waals surface area (Å²) in [7, 11) is -1.87. The van der Waals surface area contributed by atoms with Crippen LogP contribution in [0.5, 0.6) is 0 Å². The second-order valence-electron chi connectivity index (χ2n) is 7.53. The van der Waals surface area contributed by atoms with E-state index >= 15 is 0 Å². The second kappa shape index (κ2) is 8.06.